The van der Waals surface area contributed by atoms with Gasteiger partial charge in [-0.05, 0) is 26.2 Å². The summed E-state index contributed by atoms with van der Waals surface area (Å²) < 4.78 is 2.00. The van der Waals surface area contributed by atoms with Gasteiger partial charge in [0.25, 0.3) is 0 Å². The number of hydrogen-bond donors (Lipinski definition) is 2. The monoisotopic (exact) mass is 320 g/mol. The van der Waals surface area contributed by atoms with Gasteiger partial charge in [-0.3, -0.25) is 0 Å². The third-order valence-electron chi connectivity index (χ3n) is 4.58. The first-order valence-electron chi connectivity index (χ1n) is 9.10. The minimum absolute atomic E-state index is 0.564. The highest BCUT2D eigenvalue weighted by molar-refractivity contribution is 5.80. The van der Waals surface area contributed by atoms with Crippen molar-refractivity contribution in [1.29, 1.82) is 0 Å². The molecule has 0 saturated heterocycles. The first kappa shape index (κ1) is 17.8. The van der Waals surface area contributed by atoms with Crippen molar-refractivity contribution in [2.24, 2.45) is 12.0 Å². The molecule has 1 saturated carbocycles. The van der Waals surface area contributed by atoms with Crippen molar-refractivity contribution in [2.45, 2.75) is 77.8 Å². The van der Waals surface area contributed by atoms with Gasteiger partial charge in [0, 0.05) is 19.6 Å². The van der Waals surface area contributed by atoms with Crippen LogP contribution >= 0.6 is 0 Å². The molecule has 1 aliphatic rings. The highest BCUT2D eigenvalue weighted by Crippen LogP contribution is 2.17. The van der Waals surface area contributed by atoms with Crippen LogP contribution in [0.4, 0.5) is 0 Å². The van der Waals surface area contributed by atoms with Crippen molar-refractivity contribution in [3.05, 3.63) is 11.6 Å². The summed E-state index contributed by atoms with van der Waals surface area (Å²) >= 11 is 0. The zero-order valence-electron chi connectivity index (χ0n) is 14.9. The molecule has 1 aromatic heterocycles. The van der Waals surface area contributed by atoms with Gasteiger partial charge < -0.3 is 15.2 Å². The second-order valence-electron chi connectivity index (χ2n) is 6.50. The number of aliphatic imine (C=N–C) groups is 1. The maximum Gasteiger partial charge on any atom is 0.191 e. The minimum atomic E-state index is 0.564. The lowest BCUT2D eigenvalue weighted by atomic mass is 10.2. The van der Waals surface area contributed by atoms with Crippen LogP contribution in [-0.2, 0) is 13.6 Å². The first-order chi connectivity index (χ1) is 11.2. The third-order valence-corrected chi connectivity index (χ3v) is 4.58. The Kier molecular flexibility index (Phi) is 7.36. The van der Waals surface area contributed by atoms with Crippen LogP contribution < -0.4 is 10.6 Å². The lowest BCUT2D eigenvalue weighted by molar-refractivity contribution is 0.598. The van der Waals surface area contributed by atoms with E-state index in [1.54, 1.807) is 0 Å². The standard InChI is InChI=1S/C17H32N6/c1-4-5-6-9-12-18-17(20-15-10-7-8-11-15)19-13-16-22-21-14(2)23(16)3/h15H,4-13H2,1-3H3,(H2,18,19,20). The minimum Gasteiger partial charge on any atom is -0.356 e. The smallest absolute Gasteiger partial charge is 0.191 e. The number of guanidine groups is 1. The van der Waals surface area contributed by atoms with Crippen LogP contribution in [0.5, 0.6) is 0 Å². The number of aromatic nitrogens is 3. The fourth-order valence-electron chi connectivity index (χ4n) is 2.91. The first-order valence-corrected chi connectivity index (χ1v) is 9.10. The second kappa shape index (κ2) is 9.53. The number of unbranched alkanes of at least 4 members (excludes halogenated alkanes) is 3. The van der Waals surface area contributed by atoms with E-state index in [1.165, 1.54) is 51.4 Å². The molecule has 0 aromatic carbocycles. The molecule has 0 aliphatic heterocycles. The molecule has 0 atom stereocenters. The molecule has 0 radical (unpaired) electrons. The maximum atomic E-state index is 4.72. The molecule has 23 heavy (non-hydrogen) atoms. The van der Waals surface area contributed by atoms with E-state index >= 15 is 0 Å². The Labute approximate surface area is 140 Å². The zero-order chi connectivity index (χ0) is 16.5. The number of aryl methyl sites for hydroxylation is 1. The van der Waals surface area contributed by atoms with Crippen LogP contribution in [0.25, 0.3) is 0 Å². The fourth-order valence-corrected chi connectivity index (χ4v) is 2.91. The van der Waals surface area contributed by atoms with Crippen LogP contribution in [0.3, 0.4) is 0 Å². The van der Waals surface area contributed by atoms with E-state index in [0.29, 0.717) is 12.6 Å². The SMILES string of the molecule is CCCCCCNC(=NCc1nnc(C)n1C)NC1CCCC1. The summed E-state index contributed by atoms with van der Waals surface area (Å²) in [6, 6.07) is 0.568. The second-order valence-corrected chi connectivity index (χ2v) is 6.50. The van der Waals surface area contributed by atoms with Crippen LogP contribution in [0.1, 0.15) is 69.9 Å². The van der Waals surface area contributed by atoms with Crippen LogP contribution in [0, 0.1) is 6.92 Å². The molecule has 2 N–H and O–H groups in total. The third kappa shape index (κ3) is 5.84. The molecule has 0 spiro atoms. The quantitative estimate of drug-likeness (QED) is 0.439. The Bertz CT molecular complexity index is 487. The van der Waals surface area contributed by atoms with Gasteiger partial charge in [0.05, 0.1) is 0 Å². The Hall–Kier alpha value is -1.59. The van der Waals surface area contributed by atoms with Gasteiger partial charge in [-0.15, -0.1) is 10.2 Å². The predicted octanol–water partition coefficient (Wildman–Crippen LogP) is 2.68. The largest absolute Gasteiger partial charge is 0.356 e. The van der Waals surface area contributed by atoms with Crippen molar-refractivity contribution >= 4 is 5.96 Å². The fraction of sp³-hybridized carbons (Fsp3) is 0.824. The van der Waals surface area contributed by atoms with Crippen LogP contribution in [0.2, 0.25) is 0 Å². The van der Waals surface area contributed by atoms with Crippen molar-refractivity contribution in [2.75, 3.05) is 6.54 Å². The van der Waals surface area contributed by atoms with Crippen molar-refractivity contribution in [3.63, 3.8) is 0 Å². The topological polar surface area (TPSA) is 67.1 Å². The molecule has 6 nitrogen and oxygen atoms in total. The van der Waals surface area contributed by atoms with Gasteiger partial charge >= 0.3 is 0 Å². The van der Waals surface area contributed by atoms with E-state index < -0.39 is 0 Å². The molecule has 1 fully saturated rings. The molecule has 2 rings (SSSR count). The van der Waals surface area contributed by atoms with E-state index in [1.807, 2.05) is 18.5 Å². The van der Waals surface area contributed by atoms with E-state index in [2.05, 4.69) is 27.8 Å². The highest BCUT2D eigenvalue weighted by atomic mass is 15.3. The summed E-state index contributed by atoms with van der Waals surface area (Å²) in [5, 5.41) is 15.4. The number of nitrogens with one attached hydrogen (secondary N) is 2. The molecule has 1 aliphatic carbocycles. The molecule has 0 amide bonds. The van der Waals surface area contributed by atoms with Gasteiger partial charge in [0.2, 0.25) is 0 Å². The Morgan fingerprint density at radius 2 is 2.00 bits per heavy atom. The van der Waals surface area contributed by atoms with Gasteiger partial charge in [-0.1, -0.05) is 39.0 Å². The van der Waals surface area contributed by atoms with Crippen molar-refractivity contribution in [1.82, 2.24) is 25.4 Å². The number of nitrogens with zero attached hydrogens (tertiary/aromatic N) is 4. The lowest BCUT2D eigenvalue weighted by Crippen LogP contribution is -2.42. The van der Waals surface area contributed by atoms with E-state index in [9.17, 15) is 0 Å². The molecule has 0 bridgehead atoms. The van der Waals surface area contributed by atoms with Gasteiger partial charge in [-0.2, -0.15) is 0 Å². The summed E-state index contributed by atoms with van der Waals surface area (Å²) in [5.41, 5.74) is 0. The van der Waals surface area contributed by atoms with Gasteiger partial charge in [0.1, 0.15) is 12.4 Å². The van der Waals surface area contributed by atoms with E-state index in [0.717, 1.165) is 24.2 Å². The summed E-state index contributed by atoms with van der Waals surface area (Å²) in [6.07, 6.45) is 10.2. The average molecular weight is 320 g/mol. The normalized spacial score (nSPS) is 16.0. The van der Waals surface area contributed by atoms with Crippen LogP contribution in [0.15, 0.2) is 4.99 Å². The maximum absolute atomic E-state index is 4.72. The summed E-state index contributed by atoms with van der Waals surface area (Å²) in [6.45, 7) is 5.75. The predicted molar refractivity (Wildman–Crippen MR) is 94.4 cm³/mol. The van der Waals surface area contributed by atoms with Crippen LogP contribution in [-0.4, -0.2) is 33.3 Å². The Balaban J connectivity index is 1.88. The molecular formula is C17H32N6. The van der Waals surface area contributed by atoms with Gasteiger partial charge in [-0.25, -0.2) is 4.99 Å². The summed E-state index contributed by atoms with van der Waals surface area (Å²) in [5.74, 6) is 2.75. The van der Waals surface area contributed by atoms with E-state index in [-0.39, 0.29) is 0 Å². The molecule has 130 valence electrons. The molecule has 1 aromatic rings. The van der Waals surface area contributed by atoms with Crippen molar-refractivity contribution < 1.29 is 0 Å². The zero-order valence-corrected chi connectivity index (χ0v) is 14.9. The lowest BCUT2D eigenvalue weighted by Gasteiger charge is -2.17. The van der Waals surface area contributed by atoms with Gasteiger partial charge in [0.15, 0.2) is 11.8 Å². The summed E-state index contributed by atoms with van der Waals surface area (Å²) in [4.78, 5) is 4.72. The molecule has 6 heteroatoms. The molecule has 1 heterocycles. The Morgan fingerprint density at radius 1 is 1.22 bits per heavy atom. The van der Waals surface area contributed by atoms with Crippen molar-refractivity contribution in [3.8, 4) is 0 Å². The summed E-state index contributed by atoms with van der Waals surface area (Å²) in [7, 11) is 1.99. The average Bonchev–Trinajstić information content (AvgIpc) is 3.16. The molecular weight excluding hydrogens is 288 g/mol. The van der Waals surface area contributed by atoms with E-state index in [4.69, 9.17) is 4.99 Å². The highest BCUT2D eigenvalue weighted by Gasteiger charge is 2.16. The number of hydrogen-bond acceptors (Lipinski definition) is 3. The molecule has 0 unspecified atom stereocenters. The number of rotatable bonds is 8. The Morgan fingerprint density at radius 3 is 2.65 bits per heavy atom.